The fraction of sp³-hybridized carbons (Fsp3) is 0.500. The maximum atomic E-state index is 12.3. The van der Waals surface area contributed by atoms with Gasteiger partial charge in [0.05, 0.1) is 11.5 Å². The Morgan fingerprint density at radius 2 is 2.06 bits per heavy atom. The number of carbonyl (C=O) groups is 1. The second-order valence-electron chi connectivity index (χ2n) is 5.22. The van der Waals surface area contributed by atoms with Gasteiger partial charge in [-0.3, -0.25) is 4.79 Å². The molecule has 2 heteroatoms. The Kier molecular flexibility index (Phi) is 2.62. The highest BCUT2D eigenvalue weighted by Gasteiger charge is 2.37. The molecule has 1 aliphatic carbocycles. The van der Waals surface area contributed by atoms with Crippen molar-refractivity contribution in [3.05, 3.63) is 34.9 Å². The molecule has 1 atom stereocenters. The second-order valence-corrected chi connectivity index (χ2v) is 5.22. The molecule has 0 spiro atoms. The average Bonchev–Trinajstić information content (AvgIpc) is 2.16. The Labute approximate surface area is 96.3 Å². The number of aliphatic hydroxyl groups is 1. The Morgan fingerprint density at radius 1 is 1.38 bits per heavy atom. The minimum Gasteiger partial charge on any atom is -0.390 e. The van der Waals surface area contributed by atoms with Crippen molar-refractivity contribution in [3.63, 3.8) is 0 Å². The van der Waals surface area contributed by atoms with Crippen molar-refractivity contribution in [1.82, 2.24) is 0 Å². The van der Waals surface area contributed by atoms with E-state index in [0.29, 0.717) is 0 Å². The first-order valence-electron chi connectivity index (χ1n) is 5.76. The molecule has 1 aliphatic rings. The van der Waals surface area contributed by atoms with Crippen LogP contribution in [0, 0.1) is 12.8 Å². The van der Waals surface area contributed by atoms with Gasteiger partial charge in [-0.1, -0.05) is 18.2 Å². The van der Waals surface area contributed by atoms with Crippen LogP contribution in [0.2, 0.25) is 0 Å². The Bertz CT molecular complexity index is 427. The zero-order chi connectivity index (χ0) is 11.9. The van der Waals surface area contributed by atoms with Crippen LogP contribution >= 0.6 is 0 Å². The lowest BCUT2D eigenvalue weighted by Gasteiger charge is -2.32. The predicted octanol–water partition coefficient (Wildman–Crippen LogP) is 2.51. The van der Waals surface area contributed by atoms with Gasteiger partial charge in [-0.05, 0) is 44.7 Å². The van der Waals surface area contributed by atoms with E-state index in [9.17, 15) is 9.90 Å². The van der Waals surface area contributed by atoms with E-state index in [-0.39, 0.29) is 11.7 Å². The second kappa shape index (κ2) is 3.70. The van der Waals surface area contributed by atoms with Crippen LogP contribution in [0.15, 0.2) is 18.2 Å². The molecule has 0 bridgehead atoms. The number of fused-ring (bicyclic) bond motifs is 1. The molecular formula is C14H18O2. The van der Waals surface area contributed by atoms with Gasteiger partial charge >= 0.3 is 0 Å². The molecule has 0 heterocycles. The fourth-order valence-electron chi connectivity index (χ4n) is 2.57. The van der Waals surface area contributed by atoms with E-state index in [1.807, 2.05) is 25.1 Å². The first kappa shape index (κ1) is 11.3. The lowest BCUT2D eigenvalue weighted by molar-refractivity contribution is 0.0147. The van der Waals surface area contributed by atoms with Gasteiger partial charge in [-0.15, -0.1) is 0 Å². The molecule has 0 aromatic heterocycles. The van der Waals surface area contributed by atoms with Crippen LogP contribution < -0.4 is 0 Å². The number of hydrogen-bond donors (Lipinski definition) is 1. The van der Waals surface area contributed by atoms with Crippen LogP contribution in [0.5, 0.6) is 0 Å². The summed E-state index contributed by atoms with van der Waals surface area (Å²) in [5.74, 6) is -0.159. The number of Topliss-reactive ketones (excluding diaryl/α,β-unsaturated/α-hetero) is 1. The Balaban J connectivity index is 2.47. The zero-order valence-corrected chi connectivity index (χ0v) is 10.1. The molecule has 0 unspecified atom stereocenters. The summed E-state index contributed by atoms with van der Waals surface area (Å²) in [6, 6.07) is 5.97. The van der Waals surface area contributed by atoms with Crippen molar-refractivity contribution >= 4 is 5.78 Å². The molecule has 0 aliphatic heterocycles. The summed E-state index contributed by atoms with van der Waals surface area (Å²) in [6.07, 6.45) is 1.64. The van der Waals surface area contributed by atoms with Crippen molar-refractivity contribution in [1.29, 1.82) is 0 Å². The molecular weight excluding hydrogens is 200 g/mol. The van der Waals surface area contributed by atoms with E-state index in [4.69, 9.17) is 0 Å². The molecule has 2 nitrogen and oxygen atoms in total. The number of hydrogen-bond acceptors (Lipinski definition) is 2. The molecule has 2 rings (SSSR count). The molecule has 1 aromatic rings. The number of benzene rings is 1. The highest BCUT2D eigenvalue weighted by Crippen LogP contribution is 2.33. The largest absolute Gasteiger partial charge is 0.390 e. The Morgan fingerprint density at radius 3 is 2.69 bits per heavy atom. The molecule has 0 saturated carbocycles. The van der Waals surface area contributed by atoms with Crippen molar-refractivity contribution in [2.24, 2.45) is 5.92 Å². The van der Waals surface area contributed by atoms with Crippen molar-refractivity contribution in [2.45, 2.75) is 39.2 Å². The fourth-order valence-corrected chi connectivity index (χ4v) is 2.57. The molecule has 1 N–H and O–H groups in total. The monoisotopic (exact) mass is 218 g/mol. The van der Waals surface area contributed by atoms with Gasteiger partial charge < -0.3 is 5.11 Å². The number of rotatable bonds is 1. The number of carbonyl (C=O) groups excluding carboxylic acids is 1. The first-order chi connectivity index (χ1) is 7.41. The molecule has 0 amide bonds. The van der Waals surface area contributed by atoms with E-state index in [0.717, 1.165) is 29.5 Å². The third kappa shape index (κ3) is 1.78. The normalized spacial score (nSPS) is 20.8. The van der Waals surface area contributed by atoms with Crippen LogP contribution in [0.3, 0.4) is 0 Å². The molecule has 1 aromatic carbocycles. The lowest BCUT2D eigenvalue weighted by atomic mass is 9.74. The zero-order valence-electron chi connectivity index (χ0n) is 10.1. The predicted molar refractivity (Wildman–Crippen MR) is 63.6 cm³/mol. The van der Waals surface area contributed by atoms with Crippen LogP contribution in [0.4, 0.5) is 0 Å². The average molecular weight is 218 g/mol. The number of aryl methyl sites for hydroxylation is 2. The van der Waals surface area contributed by atoms with E-state index in [1.54, 1.807) is 13.8 Å². The van der Waals surface area contributed by atoms with Crippen molar-refractivity contribution in [2.75, 3.05) is 0 Å². The van der Waals surface area contributed by atoms with E-state index in [2.05, 4.69) is 0 Å². The summed E-state index contributed by atoms with van der Waals surface area (Å²) in [4.78, 5) is 12.3. The van der Waals surface area contributed by atoms with Gasteiger partial charge in [0.1, 0.15) is 0 Å². The molecule has 0 saturated heterocycles. The van der Waals surface area contributed by atoms with E-state index >= 15 is 0 Å². The van der Waals surface area contributed by atoms with Gasteiger partial charge in [0, 0.05) is 5.56 Å². The summed E-state index contributed by atoms with van der Waals surface area (Å²) in [5.41, 5.74) is 2.07. The minimum atomic E-state index is -0.920. The van der Waals surface area contributed by atoms with Crippen molar-refractivity contribution < 1.29 is 9.90 Å². The smallest absolute Gasteiger partial charge is 0.169 e. The van der Waals surface area contributed by atoms with Gasteiger partial charge in [0.25, 0.3) is 0 Å². The minimum absolute atomic E-state index is 0.104. The highest BCUT2D eigenvalue weighted by molar-refractivity contribution is 6.02. The van der Waals surface area contributed by atoms with Gasteiger partial charge in [-0.25, -0.2) is 0 Å². The molecule has 86 valence electrons. The summed E-state index contributed by atoms with van der Waals surface area (Å²) >= 11 is 0. The van der Waals surface area contributed by atoms with Crippen LogP contribution in [-0.4, -0.2) is 16.5 Å². The summed E-state index contributed by atoms with van der Waals surface area (Å²) in [7, 11) is 0. The topological polar surface area (TPSA) is 37.3 Å². The molecule has 0 fully saturated rings. The van der Waals surface area contributed by atoms with Crippen LogP contribution in [0.25, 0.3) is 0 Å². The maximum absolute atomic E-state index is 12.3. The summed E-state index contributed by atoms with van der Waals surface area (Å²) in [5, 5.41) is 10.0. The Hall–Kier alpha value is -1.15. The highest BCUT2D eigenvalue weighted by atomic mass is 16.3. The van der Waals surface area contributed by atoms with Gasteiger partial charge in [0.15, 0.2) is 5.78 Å². The van der Waals surface area contributed by atoms with Gasteiger partial charge in [0.2, 0.25) is 0 Å². The lowest BCUT2D eigenvalue weighted by Crippen LogP contribution is -2.40. The molecule has 0 radical (unpaired) electrons. The first-order valence-corrected chi connectivity index (χ1v) is 5.76. The number of ketones is 1. The molecule has 16 heavy (non-hydrogen) atoms. The summed E-state index contributed by atoms with van der Waals surface area (Å²) < 4.78 is 0. The van der Waals surface area contributed by atoms with Crippen LogP contribution in [-0.2, 0) is 6.42 Å². The quantitative estimate of drug-likeness (QED) is 0.786. The van der Waals surface area contributed by atoms with Gasteiger partial charge in [-0.2, -0.15) is 0 Å². The van der Waals surface area contributed by atoms with Crippen LogP contribution in [0.1, 0.15) is 41.8 Å². The SMILES string of the molecule is Cc1cccc2c1C(=O)[C@H](C(C)(C)O)CC2. The van der Waals surface area contributed by atoms with E-state index < -0.39 is 5.60 Å². The van der Waals surface area contributed by atoms with E-state index in [1.165, 1.54) is 0 Å². The third-order valence-electron chi connectivity index (χ3n) is 3.48. The maximum Gasteiger partial charge on any atom is 0.169 e. The van der Waals surface area contributed by atoms with Crippen molar-refractivity contribution in [3.8, 4) is 0 Å². The standard InChI is InChI=1S/C14H18O2/c1-9-5-4-6-10-7-8-11(14(2,3)16)13(15)12(9)10/h4-6,11,16H,7-8H2,1-3H3/t11-/m1/s1. The summed E-state index contributed by atoms with van der Waals surface area (Å²) in [6.45, 7) is 5.40. The third-order valence-corrected chi connectivity index (χ3v) is 3.48.